The summed E-state index contributed by atoms with van der Waals surface area (Å²) in [5.41, 5.74) is 0. The Morgan fingerprint density at radius 2 is 1.45 bits per heavy atom. The molecule has 0 aliphatic heterocycles. The average molecular weight is 332 g/mol. The Bertz CT molecular complexity index is 245. The second-order valence-electron chi connectivity index (χ2n) is 5.29. The van der Waals surface area contributed by atoms with Gasteiger partial charge in [-0.25, -0.2) is 0 Å². The summed E-state index contributed by atoms with van der Waals surface area (Å²) in [5.74, 6) is 0. The molecular weight excluding hydrogens is 294 g/mol. The first kappa shape index (κ1) is 21.6. The summed E-state index contributed by atoms with van der Waals surface area (Å²) in [7, 11) is -2.45. The Kier molecular flexibility index (Phi) is 15.3. The summed E-state index contributed by atoms with van der Waals surface area (Å²) < 4.78 is 17.5. The van der Waals surface area contributed by atoms with Crippen molar-refractivity contribution >= 4 is 8.80 Å². The van der Waals surface area contributed by atoms with Gasteiger partial charge < -0.3 is 18.6 Å². The summed E-state index contributed by atoms with van der Waals surface area (Å²) in [6.45, 7) is 11.1. The molecule has 5 heteroatoms. The van der Waals surface area contributed by atoms with Crippen molar-refractivity contribution in [2.45, 2.75) is 72.3 Å². The summed E-state index contributed by atoms with van der Waals surface area (Å²) in [4.78, 5) is 0. The lowest BCUT2D eigenvalue weighted by Gasteiger charge is -2.28. The van der Waals surface area contributed by atoms with Crippen LogP contribution in [0, 0.1) is 0 Å². The second kappa shape index (κ2) is 15.5. The molecule has 0 amide bonds. The van der Waals surface area contributed by atoms with Gasteiger partial charge in [-0.05, 0) is 46.2 Å². The third-order valence-electron chi connectivity index (χ3n) is 3.36. The first-order valence-corrected chi connectivity index (χ1v) is 11.0. The molecule has 0 bridgehead atoms. The molecule has 0 saturated carbocycles. The fraction of sp³-hybridized carbons (Fsp3) is 0.882. The van der Waals surface area contributed by atoms with E-state index in [1.54, 1.807) is 0 Å². The second-order valence-corrected chi connectivity index (χ2v) is 8.02. The third kappa shape index (κ3) is 11.2. The van der Waals surface area contributed by atoms with E-state index in [2.05, 4.69) is 24.5 Å². The lowest BCUT2D eigenvalue weighted by atomic mass is 10.1. The molecule has 4 nitrogen and oxygen atoms in total. The highest BCUT2D eigenvalue weighted by Gasteiger charge is 2.39. The van der Waals surface area contributed by atoms with Gasteiger partial charge in [-0.1, -0.05) is 32.3 Å². The first-order valence-electron chi connectivity index (χ1n) is 9.04. The van der Waals surface area contributed by atoms with E-state index in [0.717, 1.165) is 19.0 Å². The van der Waals surface area contributed by atoms with Crippen LogP contribution >= 0.6 is 0 Å². The summed E-state index contributed by atoms with van der Waals surface area (Å²) >= 11 is 0. The number of hydrogen-bond donors (Lipinski definition) is 1. The Hall–Kier alpha value is -0.363. The molecule has 0 rings (SSSR count). The van der Waals surface area contributed by atoms with Crippen molar-refractivity contribution in [3.8, 4) is 0 Å². The zero-order valence-corrected chi connectivity index (χ0v) is 16.2. The molecule has 0 heterocycles. The molecule has 132 valence electrons. The van der Waals surface area contributed by atoms with E-state index in [0.29, 0.717) is 19.8 Å². The SMILES string of the molecule is CCCCCCC=CNCCC[Si](OCC)(OCC)OCC. The number of unbranched alkanes of at least 4 members (excludes halogenated alkanes) is 4. The minimum atomic E-state index is -2.45. The Labute approximate surface area is 139 Å². The van der Waals surface area contributed by atoms with Gasteiger partial charge in [0.15, 0.2) is 0 Å². The summed E-state index contributed by atoms with van der Waals surface area (Å²) in [5, 5.41) is 3.35. The standard InChI is InChI=1S/C17H37NO3Si/c1-5-9-10-11-12-13-15-18-16-14-17-22(19-6-2,20-7-3)21-8-4/h13,15,18H,5-12,14,16-17H2,1-4H3. The number of allylic oxidation sites excluding steroid dienone is 1. The van der Waals surface area contributed by atoms with Crippen molar-refractivity contribution in [3.05, 3.63) is 12.3 Å². The molecular formula is C17H37NO3Si. The molecule has 1 N–H and O–H groups in total. The largest absolute Gasteiger partial charge is 0.500 e. The zero-order chi connectivity index (χ0) is 16.5. The molecule has 0 saturated heterocycles. The Balaban J connectivity index is 3.85. The van der Waals surface area contributed by atoms with Crippen LogP contribution in [0.25, 0.3) is 0 Å². The fourth-order valence-electron chi connectivity index (χ4n) is 2.35. The Morgan fingerprint density at radius 1 is 0.818 bits per heavy atom. The Morgan fingerprint density at radius 3 is 2.00 bits per heavy atom. The summed E-state index contributed by atoms with van der Waals surface area (Å²) in [6.07, 6.45) is 11.8. The molecule has 0 unspecified atom stereocenters. The quantitative estimate of drug-likeness (QED) is 0.334. The van der Waals surface area contributed by atoms with Crippen LogP contribution in [0.3, 0.4) is 0 Å². The van der Waals surface area contributed by atoms with Crippen LogP contribution in [-0.4, -0.2) is 35.2 Å². The van der Waals surface area contributed by atoms with Gasteiger partial charge in [-0.3, -0.25) is 0 Å². The first-order chi connectivity index (χ1) is 10.7. The maximum Gasteiger partial charge on any atom is 0.500 e. The monoisotopic (exact) mass is 331 g/mol. The van der Waals surface area contributed by atoms with Gasteiger partial charge in [-0.2, -0.15) is 0 Å². The summed E-state index contributed by atoms with van der Waals surface area (Å²) in [6, 6.07) is 0.875. The predicted octanol–water partition coefficient (Wildman–Crippen LogP) is 4.50. The predicted molar refractivity (Wildman–Crippen MR) is 96.0 cm³/mol. The van der Waals surface area contributed by atoms with Gasteiger partial charge in [0.2, 0.25) is 0 Å². The van der Waals surface area contributed by atoms with Crippen LogP contribution in [0.5, 0.6) is 0 Å². The number of hydrogen-bond acceptors (Lipinski definition) is 4. The zero-order valence-electron chi connectivity index (χ0n) is 15.2. The molecule has 0 aromatic carbocycles. The molecule has 0 atom stereocenters. The maximum atomic E-state index is 5.84. The van der Waals surface area contributed by atoms with E-state index in [1.807, 2.05) is 20.8 Å². The highest BCUT2D eigenvalue weighted by atomic mass is 28.4. The van der Waals surface area contributed by atoms with Gasteiger partial charge in [0.05, 0.1) is 0 Å². The van der Waals surface area contributed by atoms with E-state index in [-0.39, 0.29) is 0 Å². The van der Waals surface area contributed by atoms with Crippen molar-refractivity contribution in [1.29, 1.82) is 0 Å². The van der Waals surface area contributed by atoms with Crippen LogP contribution < -0.4 is 5.32 Å². The van der Waals surface area contributed by atoms with E-state index in [9.17, 15) is 0 Å². The molecule has 0 spiro atoms. The molecule has 0 aliphatic rings. The van der Waals surface area contributed by atoms with E-state index < -0.39 is 8.80 Å². The average Bonchev–Trinajstić information content (AvgIpc) is 2.50. The lowest BCUT2D eigenvalue weighted by molar-refractivity contribution is 0.0709. The van der Waals surface area contributed by atoms with Crippen LogP contribution in [-0.2, 0) is 13.3 Å². The molecule has 0 aliphatic carbocycles. The van der Waals surface area contributed by atoms with Crippen molar-refractivity contribution in [2.75, 3.05) is 26.4 Å². The smallest absolute Gasteiger partial charge is 0.391 e. The van der Waals surface area contributed by atoms with E-state index >= 15 is 0 Å². The van der Waals surface area contributed by atoms with Crippen molar-refractivity contribution < 1.29 is 13.3 Å². The van der Waals surface area contributed by atoms with E-state index in [1.165, 1.54) is 32.1 Å². The molecule has 0 radical (unpaired) electrons. The maximum absolute atomic E-state index is 5.84. The number of nitrogens with one attached hydrogen (secondary N) is 1. The van der Waals surface area contributed by atoms with Crippen molar-refractivity contribution in [2.24, 2.45) is 0 Å². The van der Waals surface area contributed by atoms with Gasteiger partial charge in [0.1, 0.15) is 0 Å². The lowest BCUT2D eigenvalue weighted by Crippen LogP contribution is -2.46. The topological polar surface area (TPSA) is 39.7 Å². The normalized spacial score (nSPS) is 12.2. The van der Waals surface area contributed by atoms with Gasteiger partial charge >= 0.3 is 8.80 Å². The van der Waals surface area contributed by atoms with Gasteiger partial charge in [0, 0.05) is 32.4 Å². The molecule has 0 aromatic rings. The minimum absolute atomic E-state index is 0.650. The van der Waals surface area contributed by atoms with Crippen LogP contribution in [0.2, 0.25) is 6.04 Å². The van der Waals surface area contributed by atoms with Crippen LogP contribution in [0.1, 0.15) is 66.2 Å². The van der Waals surface area contributed by atoms with Crippen LogP contribution in [0.15, 0.2) is 12.3 Å². The van der Waals surface area contributed by atoms with Crippen molar-refractivity contribution in [3.63, 3.8) is 0 Å². The van der Waals surface area contributed by atoms with Crippen molar-refractivity contribution in [1.82, 2.24) is 5.32 Å². The molecule has 0 aromatic heterocycles. The number of rotatable bonds is 16. The van der Waals surface area contributed by atoms with Gasteiger partial charge in [-0.15, -0.1) is 0 Å². The highest BCUT2D eigenvalue weighted by Crippen LogP contribution is 2.17. The van der Waals surface area contributed by atoms with Crippen LogP contribution in [0.4, 0.5) is 0 Å². The van der Waals surface area contributed by atoms with E-state index in [4.69, 9.17) is 13.3 Å². The third-order valence-corrected chi connectivity index (χ3v) is 6.51. The fourth-order valence-corrected chi connectivity index (χ4v) is 4.96. The van der Waals surface area contributed by atoms with Gasteiger partial charge in [0.25, 0.3) is 0 Å². The highest BCUT2D eigenvalue weighted by molar-refractivity contribution is 6.60. The molecule has 0 fully saturated rings. The molecule has 22 heavy (non-hydrogen) atoms. The minimum Gasteiger partial charge on any atom is -0.391 e.